The molecule has 0 aromatic heterocycles. The van der Waals surface area contributed by atoms with Gasteiger partial charge in [-0.3, -0.25) is 29.0 Å². The summed E-state index contributed by atoms with van der Waals surface area (Å²) in [5.41, 5.74) is 4.51. The Kier molecular flexibility index (Phi) is 15.2. The third-order valence-corrected chi connectivity index (χ3v) is 8.22. The summed E-state index contributed by atoms with van der Waals surface area (Å²) in [4.78, 5) is 50.8. The normalized spacial score (nSPS) is 13.6. The van der Waals surface area contributed by atoms with Crippen LogP contribution in [0.5, 0.6) is 0 Å². The van der Waals surface area contributed by atoms with E-state index >= 15 is 0 Å². The Morgan fingerprint density at radius 1 is 0.577 bits per heavy atom. The Bertz CT molecular complexity index is 2040. The van der Waals surface area contributed by atoms with E-state index in [9.17, 15) is 19.2 Å². The van der Waals surface area contributed by atoms with Crippen molar-refractivity contribution in [1.29, 1.82) is 0 Å². The molecule has 0 saturated heterocycles. The topological polar surface area (TPSA) is 74.8 Å². The van der Waals surface area contributed by atoms with E-state index in [1.807, 2.05) is 106 Å². The third-order valence-electron chi connectivity index (χ3n) is 8.22. The highest BCUT2D eigenvalue weighted by Crippen LogP contribution is 2.30. The summed E-state index contributed by atoms with van der Waals surface area (Å²) >= 11 is 0. The van der Waals surface area contributed by atoms with Crippen LogP contribution in [0.4, 0.5) is 0 Å². The van der Waals surface area contributed by atoms with Crippen molar-refractivity contribution in [3.05, 3.63) is 193 Å². The van der Waals surface area contributed by atoms with Crippen LogP contribution in [0.25, 0.3) is 21.5 Å². The summed E-state index contributed by atoms with van der Waals surface area (Å²) in [5, 5.41) is 3.71. The SMILES string of the molecule is C=C/C=C(C=C)\C=C/C.C=C/C=C\C(C=C)=C/C.CCN1C(=O)c2cc3ccccc3cc2C1=O.CCN1C(=O)c2cccc3cccc(c23)C1=O. The lowest BCUT2D eigenvalue weighted by molar-refractivity contribution is 0.0614. The molecule has 0 saturated carbocycles. The second kappa shape index (κ2) is 19.7. The maximum absolute atomic E-state index is 12.1. The van der Waals surface area contributed by atoms with Crippen molar-refractivity contribution >= 4 is 45.2 Å². The molecule has 2 heterocycles. The Hall–Kier alpha value is -6.40. The summed E-state index contributed by atoms with van der Waals surface area (Å²) in [6, 6.07) is 22.5. The van der Waals surface area contributed by atoms with Crippen molar-refractivity contribution in [2.24, 2.45) is 0 Å². The molecule has 264 valence electrons. The molecule has 4 aromatic rings. The van der Waals surface area contributed by atoms with E-state index in [1.165, 1.54) is 9.80 Å². The van der Waals surface area contributed by atoms with Crippen molar-refractivity contribution in [2.45, 2.75) is 27.7 Å². The Morgan fingerprint density at radius 3 is 1.42 bits per heavy atom. The molecule has 4 amide bonds. The van der Waals surface area contributed by atoms with Crippen molar-refractivity contribution in [3.63, 3.8) is 0 Å². The number of rotatable bonds is 8. The standard InChI is InChI=1S/2C14H11NO2.2C9H12/c1-2-15-13(16)10-7-3-5-9-6-4-8-11(12(9)10)14(15)17;1-2-15-13(16)11-7-9-5-3-4-6-10(9)8-12(11)14(15)17;1-4-7-8-9(5-2)6-3;1-4-7-9(6-3)8-5-2/h2*3-8H,2H2,1H3;4-8H,1-2H2,3H3;4-8H,1,3H2,2H3/b;;8-7-,9-6-;8-5-,9-7-. The maximum Gasteiger partial charge on any atom is 0.261 e. The van der Waals surface area contributed by atoms with Gasteiger partial charge in [-0.1, -0.05) is 136 Å². The average molecular weight is 691 g/mol. The lowest BCUT2D eigenvalue weighted by Crippen LogP contribution is -2.39. The largest absolute Gasteiger partial charge is 0.275 e. The number of carbonyl (C=O) groups is 4. The first-order chi connectivity index (χ1) is 25.1. The van der Waals surface area contributed by atoms with Gasteiger partial charge in [-0.2, -0.15) is 0 Å². The van der Waals surface area contributed by atoms with E-state index < -0.39 is 0 Å². The van der Waals surface area contributed by atoms with Gasteiger partial charge in [0.15, 0.2) is 0 Å². The highest BCUT2D eigenvalue weighted by Gasteiger charge is 2.34. The van der Waals surface area contributed by atoms with Crippen molar-refractivity contribution in [2.75, 3.05) is 13.1 Å². The van der Waals surface area contributed by atoms with E-state index in [-0.39, 0.29) is 23.6 Å². The van der Waals surface area contributed by atoms with Crippen LogP contribution in [0.2, 0.25) is 0 Å². The molecule has 2 aliphatic rings. The first-order valence-electron chi connectivity index (χ1n) is 17.1. The van der Waals surface area contributed by atoms with Crippen LogP contribution in [0.15, 0.2) is 171 Å². The summed E-state index contributed by atoms with van der Waals surface area (Å²) in [5.74, 6) is -0.750. The minimum atomic E-state index is -0.193. The predicted molar refractivity (Wildman–Crippen MR) is 217 cm³/mol. The molecule has 6 heteroatoms. The number of amides is 4. The number of imide groups is 2. The van der Waals surface area contributed by atoms with E-state index in [1.54, 1.807) is 55.5 Å². The molecule has 0 N–H and O–H groups in total. The molecule has 52 heavy (non-hydrogen) atoms. The van der Waals surface area contributed by atoms with E-state index in [2.05, 4.69) is 26.3 Å². The number of benzene rings is 4. The molecule has 0 unspecified atom stereocenters. The number of carbonyl (C=O) groups excluding carboxylic acids is 4. The van der Waals surface area contributed by atoms with Crippen molar-refractivity contribution < 1.29 is 19.2 Å². The molecule has 2 aliphatic heterocycles. The molecule has 0 aliphatic carbocycles. The zero-order valence-corrected chi connectivity index (χ0v) is 30.5. The van der Waals surface area contributed by atoms with Crippen LogP contribution in [-0.4, -0.2) is 46.5 Å². The summed E-state index contributed by atoms with van der Waals surface area (Å²) < 4.78 is 0. The lowest BCUT2D eigenvalue weighted by Gasteiger charge is -2.25. The van der Waals surface area contributed by atoms with Crippen molar-refractivity contribution in [1.82, 2.24) is 9.80 Å². The number of nitrogens with zero attached hydrogens (tertiary/aromatic N) is 2. The molecular formula is C46H46N2O4. The molecule has 6 nitrogen and oxygen atoms in total. The van der Waals surface area contributed by atoms with Gasteiger partial charge in [0.2, 0.25) is 0 Å². The monoisotopic (exact) mass is 690 g/mol. The number of hydrogen-bond acceptors (Lipinski definition) is 4. The van der Waals surface area contributed by atoms with Crippen LogP contribution in [0.1, 0.15) is 69.1 Å². The first-order valence-corrected chi connectivity index (χ1v) is 17.1. The van der Waals surface area contributed by atoms with Crippen LogP contribution in [-0.2, 0) is 0 Å². The Balaban J connectivity index is 0.000000197. The summed E-state index contributed by atoms with van der Waals surface area (Å²) in [7, 11) is 0. The maximum atomic E-state index is 12.1. The molecule has 0 bridgehead atoms. The van der Waals surface area contributed by atoms with Gasteiger partial charge < -0.3 is 0 Å². The fourth-order valence-corrected chi connectivity index (χ4v) is 5.61. The predicted octanol–water partition coefficient (Wildman–Crippen LogP) is 10.6. The van der Waals surface area contributed by atoms with E-state index in [4.69, 9.17) is 0 Å². The zero-order chi connectivity index (χ0) is 38.2. The fraction of sp³-hybridized carbons (Fsp3) is 0.130. The first kappa shape index (κ1) is 40.0. The van der Waals surface area contributed by atoms with Gasteiger partial charge in [0.1, 0.15) is 0 Å². The quantitative estimate of drug-likeness (QED) is 0.136. The lowest BCUT2D eigenvalue weighted by atomic mass is 9.94. The van der Waals surface area contributed by atoms with E-state index in [0.29, 0.717) is 35.3 Å². The number of hydrogen-bond donors (Lipinski definition) is 0. The van der Waals surface area contributed by atoms with Crippen LogP contribution >= 0.6 is 0 Å². The highest BCUT2D eigenvalue weighted by atomic mass is 16.2. The van der Waals surface area contributed by atoms with Crippen molar-refractivity contribution in [3.8, 4) is 0 Å². The smallest absolute Gasteiger partial charge is 0.261 e. The van der Waals surface area contributed by atoms with Crippen LogP contribution < -0.4 is 0 Å². The third kappa shape index (κ3) is 9.23. The molecule has 6 rings (SSSR count). The molecule has 4 aromatic carbocycles. The van der Waals surface area contributed by atoms with E-state index in [0.717, 1.165) is 32.7 Å². The Morgan fingerprint density at radius 2 is 1.04 bits per heavy atom. The molecule has 0 spiro atoms. The fourth-order valence-electron chi connectivity index (χ4n) is 5.61. The van der Waals surface area contributed by atoms with Gasteiger partial charge in [-0.25, -0.2) is 0 Å². The summed E-state index contributed by atoms with van der Waals surface area (Å²) in [6.45, 7) is 22.8. The van der Waals surface area contributed by atoms with Gasteiger partial charge in [-0.05, 0) is 79.3 Å². The van der Waals surface area contributed by atoms with Crippen LogP contribution in [0, 0.1) is 0 Å². The molecule has 0 atom stereocenters. The zero-order valence-electron chi connectivity index (χ0n) is 30.5. The summed E-state index contributed by atoms with van der Waals surface area (Å²) in [6.07, 6.45) is 18.8. The van der Waals surface area contributed by atoms with Gasteiger partial charge in [0, 0.05) is 29.6 Å². The molecule has 0 radical (unpaired) electrons. The van der Waals surface area contributed by atoms with Gasteiger partial charge >= 0.3 is 0 Å². The number of fused-ring (bicyclic) bond motifs is 2. The second-order valence-corrected chi connectivity index (χ2v) is 11.4. The highest BCUT2D eigenvalue weighted by molar-refractivity contribution is 6.25. The minimum absolute atomic E-state index is 0.182. The van der Waals surface area contributed by atoms with Gasteiger partial charge in [0.05, 0.1) is 11.1 Å². The second-order valence-electron chi connectivity index (χ2n) is 11.4. The number of allylic oxidation sites excluding steroid dienone is 12. The molecule has 0 fully saturated rings. The van der Waals surface area contributed by atoms with Gasteiger partial charge in [-0.15, -0.1) is 0 Å². The Labute approximate surface area is 307 Å². The minimum Gasteiger partial charge on any atom is -0.275 e. The molecular weight excluding hydrogens is 645 g/mol. The average Bonchev–Trinajstić information content (AvgIpc) is 3.41. The van der Waals surface area contributed by atoms with Gasteiger partial charge in [0.25, 0.3) is 23.6 Å². The van der Waals surface area contributed by atoms with Crippen LogP contribution in [0.3, 0.4) is 0 Å².